The van der Waals surface area contributed by atoms with E-state index in [1.54, 1.807) is 11.8 Å². The number of rotatable bonds is 5. The van der Waals surface area contributed by atoms with Crippen molar-refractivity contribution >= 4 is 17.8 Å². The van der Waals surface area contributed by atoms with Crippen LogP contribution in [0.3, 0.4) is 0 Å². The van der Waals surface area contributed by atoms with Crippen molar-refractivity contribution in [2.45, 2.75) is 19.8 Å². The number of ether oxygens (including phenoxy) is 2. The van der Waals surface area contributed by atoms with E-state index in [9.17, 15) is 14.4 Å². The molecule has 1 aliphatic rings. The van der Waals surface area contributed by atoms with Gasteiger partial charge in [0.1, 0.15) is 0 Å². The van der Waals surface area contributed by atoms with Crippen LogP contribution in [0.1, 0.15) is 30.1 Å². The van der Waals surface area contributed by atoms with Crippen LogP contribution in [-0.2, 0) is 19.1 Å². The van der Waals surface area contributed by atoms with Crippen LogP contribution in [0.2, 0.25) is 0 Å². The predicted molar refractivity (Wildman–Crippen MR) is 80.5 cm³/mol. The van der Waals surface area contributed by atoms with Crippen molar-refractivity contribution in [3.8, 4) is 0 Å². The molecule has 2 heterocycles. The highest BCUT2D eigenvalue weighted by Crippen LogP contribution is 2.18. The number of hydrogen-bond donors (Lipinski definition) is 0. The highest BCUT2D eigenvalue weighted by molar-refractivity contribution is 5.91. The van der Waals surface area contributed by atoms with Crippen LogP contribution in [-0.4, -0.2) is 54.0 Å². The molecule has 1 aromatic rings. The summed E-state index contributed by atoms with van der Waals surface area (Å²) in [5.74, 6) is -1.46. The van der Waals surface area contributed by atoms with Gasteiger partial charge in [-0.15, -0.1) is 0 Å². The van der Waals surface area contributed by atoms with Crippen LogP contribution in [0.4, 0.5) is 0 Å². The van der Waals surface area contributed by atoms with Crippen molar-refractivity contribution in [1.29, 1.82) is 0 Å². The summed E-state index contributed by atoms with van der Waals surface area (Å²) in [5.41, 5.74) is 0.343. The quantitative estimate of drug-likeness (QED) is 0.754. The van der Waals surface area contributed by atoms with E-state index in [-0.39, 0.29) is 24.4 Å². The molecular weight excluding hydrogens is 300 g/mol. The second-order valence-electron chi connectivity index (χ2n) is 5.24. The first kappa shape index (κ1) is 16.9. The highest BCUT2D eigenvalue weighted by Gasteiger charge is 2.29. The SMILES string of the molecule is CCOC(=O)C1CCCN(C(=O)COC(=O)c2ccncc2)C1. The zero-order valence-electron chi connectivity index (χ0n) is 13.1. The Hall–Kier alpha value is -2.44. The first-order valence-corrected chi connectivity index (χ1v) is 7.63. The lowest BCUT2D eigenvalue weighted by molar-refractivity contribution is -0.151. The highest BCUT2D eigenvalue weighted by atomic mass is 16.5. The van der Waals surface area contributed by atoms with Crippen LogP contribution in [0, 0.1) is 5.92 Å². The molecule has 1 atom stereocenters. The Morgan fingerprint density at radius 3 is 2.70 bits per heavy atom. The number of pyridine rings is 1. The standard InChI is InChI=1S/C16H20N2O5/c1-2-22-16(21)13-4-3-9-18(10-13)14(19)11-23-15(20)12-5-7-17-8-6-12/h5-8,13H,2-4,9-11H2,1H3. The zero-order chi connectivity index (χ0) is 16.7. The Balaban J connectivity index is 1.83. The minimum atomic E-state index is -0.570. The third-order valence-corrected chi connectivity index (χ3v) is 3.64. The molecule has 0 bridgehead atoms. The van der Waals surface area contributed by atoms with Crippen LogP contribution in [0.25, 0.3) is 0 Å². The molecule has 7 nitrogen and oxygen atoms in total. The monoisotopic (exact) mass is 320 g/mol. The number of aromatic nitrogens is 1. The number of carbonyl (C=O) groups excluding carboxylic acids is 3. The van der Waals surface area contributed by atoms with E-state index in [4.69, 9.17) is 9.47 Å². The predicted octanol–water partition coefficient (Wildman–Crippen LogP) is 1.04. The smallest absolute Gasteiger partial charge is 0.338 e. The van der Waals surface area contributed by atoms with Gasteiger partial charge < -0.3 is 14.4 Å². The van der Waals surface area contributed by atoms with Crippen LogP contribution >= 0.6 is 0 Å². The van der Waals surface area contributed by atoms with Gasteiger partial charge in [-0.2, -0.15) is 0 Å². The van der Waals surface area contributed by atoms with Gasteiger partial charge in [0, 0.05) is 25.5 Å². The molecule has 23 heavy (non-hydrogen) atoms. The number of nitrogens with zero attached hydrogens (tertiary/aromatic N) is 2. The van der Waals surface area contributed by atoms with E-state index in [0.717, 1.165) is 6.42 Å². The van der Waals surface area contributed by atoms with Crippen molar-refractivity contribution in [1.82, 2.24) is 9.88 Å². The van der Waals surface area contributed by atoms with Gasteiger partial charge in [-0.1, -0.05) is 0 Å². The van der Waals surface area contributed by atoms with Crippen LogP contribution < -0.4 is 0 Å². The Kier molecular flexibility index (Phi) is 6.08. The second kappa shape index (κ2) is 8.26. The van der Waals surface area contributed by atoms with Gasteiger partial charge in [0.25, 0.3) is 5.91 Å². The van der Waals surface area contributed by atoms with Gasteiger partial charge in [0.2, 0.25) is 0 Å². The summed E-state index contributed by atoms with van der Waals surface area (Å²) in [7, 11) is 0. The molecule has 0 aliphatic carbocycles. The topological polar surface area (TPSA) is 85.8 Å². The minimum Gasteiger partial charge on any atom is -0.466 e. The van der Waals surface area contributed by atoms with Gasteiger partial charge in [-0.3, -0.25) is 14.6 Å². The molecule has 1 unspecified atom stereocenters. The molecule has 124 valence electrons. The molecule has 1 fully saturated rings. The number of carbonyl (C=O) groups is 3. The molecule has 1 aromatic heterocycles. The van der Waals surface area contributed by atoms with Crippen molar-refractivity contribution in [3.05, 3.63) is 30.1 Å². The normalized spacial score (nSPS) is 17.4. The van der Waals surface area contributed by atoms with Gasteiger partial charge >= 0.3 is 11.9 Å². The minimum absolute atomic E-state index is 0.279. The first-order chi connectivity index (χ1) is 11.1. The van der Waals surface area contributed by atoms with Crippen molar-refractivity contribution in [2.24, 2.45) is 5.92 Å². The lowest BCUT2D eigenvalue weighted by Gasteiger charge is -2.31. The average molecular weight is 320 g/mol. The van der Waals surface area contributed by atoms with E-state index in [2.05, 4.69) is 4.98 Å². The fourth-order valence-corrected chi connectivity index (χ4v) is 2.45. The summed E-state index contributed by atoms with van der Waals surface area (Å²) < 4.78 is 10.0. The molecule has 0 saturated carbocycles. The summed E-state index contributed by atoms with van der Waals surface area (Å²) in [4.78, 5) is 41.1. The molecule has 2 rings (SSSR count). The van der Waals surface area contributed by atoms with Crippen LogP contribution in [0.5, 0.6) is 0 Å². The van der Waals surface area contributed by atoms with E-state index in [0.29, 0.717) is 31.7 Å². The summed E-state index contributed by atoms with van der Waals surface area (Å²) in [5, 5.41) is 0. The summed E-state index contributed by atoms with van der Waals surface area (Å²) in [6, 6.07) is 3.04. The maximum Gasteiger partial charge on any atom is 0.338 e. The summed E-state index contributed by atoms with van der Waals surface area (Å²) in [6.45, 7) is 2.61. The first-order valence-electron chi connectivity index (χ1n) is 7.63. The average Bonchev–Trinajstić information content (AvgIpc) is 2.60. The molecular formula is C16H20N2O5. The number of likely N-dealkylation sites (tertiary alicyclic amines) is 1. The van der Waals surface area contributed by atoms with Gasteiger partial charge in [-0.25, -0.2) is 4.79 Å². The van der Waals surface area contributed by atoms with Gasteiger partial charge in [0.05, 0.1) is 18.1 Å². The number of piperidine rings is 1. The van der Waals surface area contributed by atoms with E-state index in [1.165, 1.54) is 24.5 Å². The molecule has 0 N–H and O–H groups in total. The van der Waals surface area contributed by atoms with Gasteiger partial charge in [0.15, 0.2) is 6.61 Å². The summed E-state index contributed by atoms with van der Waals surface area (Å²) >= 11 is 0. The fraction of sp³-hybridized carbons (Fsp3) is 0.500. The van der Waals surface area contributed by atoms with E-state index in [1.807, 2.05) is 0 Å². The van der Waals surface area contributed by atoms with E-state index >= 15 is 0 Å². The molecule has 1 aliphatic heterocycles. The van der Waals surface area contributed by atoms with Crippen LogP contribution in [0.15, 0.2) is 24.5 Å². The molecule has 0 radical (unpaired) electrons. The van der Waals surface area contributed by atoms with Gasteiger partial charge in [-0.05, 0) is 31.9 Å². The molecule has 0 spiro atoms. The van der Waals surface area contributed by atoms with Crippen molar-refractivity contribution < 1.29 is 23.9 Å². The molecule has 7 heteroatoms. The Labute approximate surface area is 134 Å². The summed E-state index contributed by atoms with van der Waals surface area (Å²) in [6.07, 6.45) is 4.40. The Morgan fingerprint density at radius 1 is 1.26 bits per heavy atom. The third-order valence-electron chi connectivity index (χ3n) is 3.64. The maximum absolute atomic E-state index is 12.1. The molecule has 0 aromatic carbocycles. The number of hydrogen-bond acceptors (Lipinski definition) is 6. The molecule has 1 saturated heterocycles. The number of esters is 2. The third kappa shape index (κ3) is 4.77. The zero-order valence-corrected chi connectivity index (χ0v) is 13.1. The Bertz CT molecular complexity index is 561. The second-order valence-corrected chi connectivity index (χ2v) is 5.24. The van der Waals surface area contributed by atoms with E-state index < -0.39 is 5.97 Å². The Morgan fingerprint density at radius 2 is 2.00 bits per heavy atom. The molecule has 1 amide bonds. The van der Waals surface area contributed by atoms with Crippen molar-refractivity contribution in [3.63, 3.8) is 0 Å². The largest absolute Gasteiger partial charge is 0.466 e. The maximum atomic E-state index is 12.1. The number of amides is 1. The lowest BCUT2D eigenvalue weighted by Crippen LogP contribution is -2.44. The van der Waals surface area contributed by atoms with Crippen molar-refractivity contribution in [2.75, 3.05) is 26.3 Å². The lowest BCUT2D eigenvalue weighted by atomic mass is 9.98. The fourth-order valence-electron chi connectivity index (χ4n) is 2.45.